The van der Waals surface area contributed by atoms with E-state index in [1.54, 1.807) is 4.90 Å². The highest BCUT2D eigenvalue weighted by Gasteiger charge is 2.19. The Morgan fingerprint density at radius 2 is 2.15 bits per heavy atom. The Kier molecular flexibility index (Phi) is 2.00. The molecule has 0 saturated carbocycles. The Hall–Kier alpha value is -1.02. The second kappa shape index (κ2) is 3.04. The van der Waals surface area contributed by atoms with Crippen molar-refractivity contribution in [2.24, 2.45) is 0 Å². The molecule has 0 fully saturated rings. The van der Waals surface area contributed by atoms with Gasteiger partial charge in [-0.05, 0) is 23.3 Å². The standard InChI is InChI=1S/C10H10ClNO/c1-12-6-8-4-9(11)3-2-7(8)5-10(12)13/h2-4H,5-6H2,1H3. The van der Waals surface area contributed by atoms with Gasteiger partial charge in [0.05, 0.1) is 6.42 Å². The zero-order chi connectivity index (χ0) is 9.42. The van der Waals surface area contributed by atoms with E-state index < -0.39 is 0 Å². The Morgan fingerprint density at radius 1 is 1.38 bits per heavy atom. The number of amides is 1. The lowest BCUT2D eigenvalue weighted by Crippen LogP contribution is -2.32. The molecule has 2 nitrogen and oxygen atoms in total. The largest absolute Gasteiger partial charge is 0.341 e. The van der Waals surface area contributed by atoms with Crippen molar-refractivity contribution in [3.8, 4) is 0 Å². The van der Waals surface area contributed by atoms with Crippen molar-refractivity contribution < 1.29 is 4.79 Å². The third-order valence-corrected chi connectivity index (χ3v) is 2.58. The second-order valence-electron chi connectivity index (χ2n) is 3.34. The maximum Gasteiger partial charge on any atom is 0.227 e. The van der Waals surface area contributed by atoms with E-state index in [0.717, 1.165) is 16.1 Å². The summed E-state index contributed by atoms with van der Waals surface area (Å²) in [5, 5.41) is 0.737. The highest BCUT2D eigenvalue weighted by molar-refractivity contribution is 6.30. The number of benzene rings is 1. The highest BCUT2D eigenvalue weighted by atomic mass is 35.5. The fraction of sp³-hybridized carbons (Fsp3) is 0.300. The molecule has 1 heterocycles. The summed E-state index contributed by atoms with van der Waals surface area (Å²) in [7, 11) is 1.81. The van der Waals surface area contributed by atoms with Crippen LogP contribution < -0.4 is 0 Å². The predicted octanol–water partition coefficient (Wildman–Crippen LogP) is 1.85. The molecule has 3 heteroatoms. The normalized spacial score (nSPS) is 15.8. The quantitative estimate of drug-likeness (QED) is 0.619. The third kappa shape index (κ3) is 1.54. The molecule has 2 rings (SSSR count). The van der Waals surface area contributed by atoms with Crippen LogP contribution in [0.3, 0.4) is 0 Å². The van der Waals surface area contributed by atoms with Crippen LogP contribution in [0.15, 0.2) is 18.2 Å². The molecule has 0 aliphatic carbocycles. The SMILES string of the molecule is CN1Cc2cc(Cl)ccc2CC1=O. The summed E-state index contributed by atoms with van der Waals surface area (Å²) in [6, 6.07) is 5.70. The van der Waals surface area contributed by atoms with Gasteiger partial charge in [-0.15, -0.1) is 0 Å². The smallest absolute Gasteiger partial charge is 0.227 e. The number of hydrogen-bond donors (Lipinski definition) is 0. The van der Waals surface area contributed by atoms with Crippen molar-refractivity contribution in [3.05, 3.63) is 34.3 Å². The van der Waals surface area contributed by atoms with Crippen LogP contribution in [-0.2, 0) is 17.8 Å². The van der Waals surface area contributed by atoms with Crippen LogP contribution in [0, 0.1) is 0 Å². The first-order chi connectivity index (χ1) is 6.16. The van der Waals surface area contributed by atoms with E-state index in [1.807, 2.05) is 25.2 Å². The minimum Gasteiger partial charge on any atom is -0.341 e. The Bertz CT molecular complexity index is 362. The summed E-state index contributed by atoms with van der Waals surface area (Å²) < 4.78 is 0. The van der Waals surface area contributed by atoms with Gasteiger partial charge in [-0.2, -0.15) is 0 Å². The average Bonchev–Trinajstić information content (AvgIpc) is 2.08. The molecular formula is C10H10ClNO. The van der Waals surface area contributed by atoms with E-state index in [4.69, 9.17) is 11.6 Å². The molecule has 0 atom stereocenters. The summed E-state index contributed by atoms with van der Waals surface area (Å²) in [5.74, 6) is 0.176. The monoisotopic (exact) mass is 195 g/mol. The van der Waals surface area contributed by atoms with Crippen LogP contribution >= 0.6 is 11.6 Å². The number of halogens is 1. The lowest BCUT2D eigenvalue weighted by molar-refractivity contribution is -0.130. The fourth-order valence-electron chi connectivity index (χ4n) is 1.56. The first kappa shape index (κ1) is 8.57. The van der Waals surface area contributed by atoms with Crippen molar-refractivity contribution >= 4 is 17.5 Å². The van der Waals surface area contributed by atoms with Gasteiger partial charge in [0.1, 0.15) is 0 Å². The maximum absolute atomic E-state index is 11.3. The maximum atomic E-state index is 11.3. The average molecular weight is 196 g/mol. The number of rotatable bonds is 0. The van der Waals surface area contributed by atoms with Gasteiger partial charge in [0.2, 0.25) is 5.91 Å². The van der Waals surface area contributed by atoms with Crippen molar-refractivity contribution in [1.82, 2.24) is 4.90 Å². The molecule has 0 saturated heterocycles. The summed E-state index contributed by atoms with van der Waals surface area (Å²) in [5.41, 5.74) is 2.27. The summed E-state index contributed by atoms with van der Waals surface area (Å²) in [6.45, 7) is 0.675. The number of carbonyl (C=O) groups excluding carboxylic acids is 1. The van der Waals surface area contributed by atoms with Crippen molar-refractivity contribution in [1.29, 1.82) is 0 Å². The van der Waals surface area contributed by atoms with Crippen molar-refractivity contribution in [2.45, 2.75) is 13.0 Å². The molecule has 0 unspecified atom stereocenters. The van der Waals surface area contributed by atoms with Gasteiger partial charge >= 0.3 is 0 Å². The van der Waals surface area contributed by atoms with Crippen LogP contribution in [0.5, 0.6) is 0 Å². The van der Waals surface area contributed by atoms with Crippen LogP contribution in [0.1, 0.15) is 11.1 Å². The molecule has 1 aromatic rings. The van der Waals surface area contributed by atoms with Gasteiger partial charge in [0, 0.05) is 18.6 Å². The topological polar surface area (TPSA) is 20.3 Å². The van der Waals surface area contributed by atoms with Gasteiger partial charge in [-0.25, -0.2) is 0 Å². The Morgan fingerprint density at radius 3 is 2.92 bits per heavy atom. The number of carbonyl (C=O) groups is 1. The molecule has 68 valence electrons. The van der Waals surface area contributed by atoms with Gasteiger partial charge in [0.15, 0.2) is 0 Å². The molecule has 0 bridgehead atoms. The van der Waals surface area contributed by atoms with Crippen LogP contribution in [0.25, 0.3) is 0 Å². The first-order valence-corrected chi connectivity index (χ1v) is 4.56. The van der Waals surface area contributed by atoms with Crippen LogP contribution in [0.2, 0.25) is 5.02 Å². The van der Waals surface area contributed by atoms with Crippen LogP contribution in [-0.4, -0.2) is 17.9 Å². The van der Waals surface area contributed by atoms with Gasteiger partial charge < -0.3 is 4.90 Å². The molecule has 0 N–H and O–H groups in total. The van der Waals surface area contributed by atoms with Crippen molar-refractivity contribution in [2.75, 3.05) is 7.05 Å². The molecule has 0 aromatic heterocycles. The van der Waals surface area contributed by atoms with Gasteiger partial charge in [-0.1, -0.05) is 17.7 Å². The highest BCUT2D eigenvalue weighted by Crippen LogP contribution is 2.22. The number of fused-ring (bicyclic) bond motifs is 1. The summed E-state index contributed by atoms with van der Waals surface area (Å²) in [4.78, 5) is 13.1. The minimum absolute atomic E-state index is 0.176. The summed E-state index contributed by atoms with van der Waals surface area (Å²) >= 11 is 5.86. The zero-order valence-corrected chi connectivity index (χ0v) is 8.14. The molecule has 1 aliphatic heterocycles. The van der Waals surface area contributed by atoms with Crippen LogP contribution in [0.4, 0.5) is 0 Å². The molecular weight excluding hydrogens is 186 g/mol. The molecule has 0 spiro atoms. The minimum atomic E-state index is 0.176. The molecule has 1 aliphatic rings. The summed E-state index contributed by atoms with van der Waals surface area (Å²) in [6.07, 6.45) is 0.503. The van der Waals surface area contributed by atoms with E-state index in [0.29, 0.717) is 13.0 Å². The predicted molar refractivity (Wildman–Crippen MR) is 51.6 cm³/mol. The third-order valence-electron chi connectivity index (χ3n) is 2.34. The van der Waals surface area contributed by atoms with Gasteiger partial charge in [-0.3, -0.25) is 4.79 Å². The molecule has 13 heavy (non-hydrogen) atoms. The lowest BCUT2D eigenvalue weighted by Gasteiger charge is -2.24. The molecule has 1 amide bonds. The van der Waals surface area contributed by atoms with Crippen molar-refractivity contribution in [3.63, 3.8) is 0 Å². The Labute approximate surface area is 82.1 Å². The van der Waals surface area contributed by atoms with E-state index in [9.17, 15) is 4.79 Å². The van der Waals surface area contributed by atoms with Gasteiger partial charge in [0.25, 0.3) is 0 Å². The first-order valence-electron chi connectivity index (χ1n) is 4.18. The second-order valence-corrected chi connectivity index (χ2v) is 3.78. The molecule has 0 radical (unpaired) electrons. The lowest BCUT2D eigenvalue weighted by atomic mass is 10.00. The molecule has 1 aromatic carbocycles. The Balaban J connectivity index is 2.42. The van der Waals surface area contributed by atoms with E-state index in [1.165, 1.54) is 0 Å². The van der Waals surface area contributed by atoms with E-state index in [-0.39, 0.29) is 5.91 Å². The zero-order valence-electron chi connectivity index (χ0n) is 7.38. The number of likely N-dealkylation sites (N-methyl/N-ethyl adjacent to an activating group) is 1. The van der Waals surface area contributed by atoms with E-state index >= 15 is 0 Å². The van der Waals surface area contributed by atoms with E-state index in [2.05, 4.69) is 0 Å². The fourth-order valence-corrected chi connectivity index (χ4v) is 1.75. The number of hydrogen-bond acceptors (Lipinski definition) is 1. The number of nitrogens with zero attached hydrogens (tertiary/aromatic N) is 1.